The van der Waals surface area contributed by atoms with Crippen molar-refractivity contribution >= 4 is 41.3 Å². The molecular weight excluding hydrogens is 374 g/mol. The average Bonchev–Trinajstić information content (AvgIpc) is 3.44. The van der Waals surface area contributed by atoms with Gasteiger partial charge >= 0.3 is 5.97 Å². The minimum Gasteiger partial charge on any atom is -0.466 e. The highest BCUT2D eigenvalue weighted by molar-refractivity contribution is 6.30. The van der Waals surface area contributed by atoms with E-state index in [0.29, 0.717) is 18.2 Å². The molecule has 0 saturated heterocycles. The maximum Gasteiger partial charge on any atom is 0.309 e. The lowest BCUT2D eigenvalue weighted by Crippen LogP contribution is -2.29. The maximum atomic E-state index is 12.4. The van der Waals surface area contributed by atoms with E-state index in [0.717, 1.165) is 34.4 Å². The molecule has 1 aliphatic heterocycles. The van der Waals surface area contributed by atoms with Crippen LogP contribution in [0, 0.1) is 5.92 Å². The molecule has 2 aromatic rings. The standard InChI is InChI=1S/C23H22ClNO3/c1-3-28-23(27)21-12-20(21)16-6-4-15-5-7-17-11-19(24)8-9-22(17)25(14(2)26)13-18(15)10-16/h4-11,20-21H,3,12-13H2,1-2H3/b7-5-/t20-,21+/m0/s1. The van der Waals surface area contributed by atoms with Gasteiger partial charge in [0.2, 0.25) is 5.91 Å². The predicted octanol–water partition coefficient (Wildman–Crippen LogP) is 5.04. The van der Waals surface area contributed by atoms with Gasteiger partial charge < -0.3 is 9.64 Å². The van der Waals surface area contributed by atoms with Gasteiger partial charge in [0.25, 0.3) is 0 Å². The molecule has 144 valence electrons. The van der Waals surface area contributed by atoms with Crippen LogP contribution < -0.4 is 4.90 Å². The summed E-state index contributed by atoms with van der Waals surface area (Å²) in [6.45, 7) is 4.29. The lowest BCUT2D eigenvalue weighted by Gasteiger charge is -2.26. The van der Waals surface area contributed by atoms with Crippen molar-refractivity contribution in [3.63, 3.8) is 0 Å². The summed E-state index contributed by atoms with van der Waals surface area (Å²) >= 11 is 6.15. The van der Waals surface area contributed by atoms with E-state index >= 15 is 0 Å². The second-order valence-electron chi connectivity index (χ2n) is 7.30. The normalized spacial score (nSPS) is 21.0. The highest BCUT2D eigenvalue weighted by Crippen LogP contribution is 2.48. The number of hydrogen-bond acceptors (Lipinski definition) is 3. The molecule has 0 spiro atoms. The quantitative estimate of drug-likeness (QED) is 0.683. The van der Waals surface area contributed by atoms with Gasteiger partial charge in [-0.1, -0.05) is 42.0 Å². The van der Waals surface area contributed by atoms with Crippen LogP contribution in [0.4, 0.5) is 5.69 Å². The highest BCUT2D eigenvalue weighted by atomic mass is 35.5. The molecule has 2 atom stereocenters. The van der Waals surface area contributed by atoms with Gasteiger partial charge in [-0.2, -0.15) is 0 Å². The molecule has 0 N–H and O–H groups in total. The first-order valence-corrected chi connectivity index (χ1v) is 9.91. The molecule has 2 aliphatic rings. The first kappa shape index (κ1) is 18.8. The largest absolute Gasteiger partial charge is 0.466 e. The fraction of sp³-hybridized carbons (Fsp3) is 0.304. The Hall–Kier alpha value is -2.59. The lowest BCUT2D eigenvalue weighted by molar-refractivity contribution is -0.144. The van der Waals surface area contributed by atoms with E-state index in [1.165, 1.54) is 0 Å². The highest BCUT2D eigenvalue weighted by Gasteiger charge is 2.45. The van der Waals surface area contributed by atoms with Crippen molar-refractivity contribution in [1.82, 2.24) is 0 Å². The zero-order valence-electron chi connectivity index (χ0n) is 15.9. The van der Waals surface area contributed by atoms with E-state index in [1.54, 1.807) is 17.9 Å². The van der Waals surface area contributed by atoms with Gasteiger partial charge in [-0.05, 0) is 59.7 Å². The van der Waals surface area contributed by atoms with Crippen LogP contribution in [0.1, 0.15) is 48.4 Å². The van der Waals surface area contributed by atoms with E-state index in [-0.39, 0.29) is 23.7 Å². The summed E-state index contributed by atoms with van der Waals surface area (Å²) in [5, 5.41) is 0.641. The van der Waals surface area contributed by atoms with Crippen molar-refractivity contribution in [3.8, 4) is 0 Å². The van der Waals surface area contributed by atoms with Crippen LogP contribution >= 0.6 is 11.6 Å². The molecule has 1 fully saturated rings. The molecule has 5 heteroatoms. The van der Waals surface area contributed by atoms with Crippen molar-refractivity contribution in [2.24, 2.45) is 5.92 Å². The Morgan fingerprint density at radius 1 is 1.14 bits per heavy atom. The van der Waals surface area contributed by atoms with Gasteiger partial charge in [-0.15, -0.1) is 0 Å². The first-order chi connectivity index (χ1) is 13.5. The summed E-state index contributed by atoms with van der Waals surface area (Å²) in [5.41, 5.74) is 5.03. The van der Waals surface area contributed by atoms with Crippen LogP contribution in [0.15, 0.2) is 36.4 Å². The Balaban J connectivity index is 1.68. The molecule has 4 rings (SSSR count). The van der Waals surface area contributed by atoms with Crippen LogP contribution in [0.3, 0.4) is 0 Å². The van der Waals surface area contributed by atoms with Gasteiger partial charge in [0.15, 0.2) is 0 Å². The SMILES string of the molecule is CCOC(=O)[C@@H]1C[C@H]1c1ccc2c(c1)CN(C(C)=O)c1ccc(Cl)cc1/C=C\2. The van der Waals surface area contributed by atoms with Crippen LogP contribution in [-0.4, -0.2) is 18.5 Å². The molecule has 0 radical (unpaired) electrons. The fourth-order valence-corrected chi connectivity index (χ4v) is 4.03. The van der Waals surface area contributed by atoms with Crippen LogP contribution in [0.5, 0.6) is 0 Å². The summed E-state index contributed by atoms with van der Waals surface area (Å²) in [4.78, 5) is 26.1. The van der Waals surface area contributed by atoms with E-state index < -0.39 is 0 Å². The second kappa shape index (κ2) is 7.44. The number of carbonyl (C=O) groups is 2. The summed E-state index contributed by atoms with van der Waals surface area (Å²) in [6, 6.07) is 11.8. The smallest absolute Gasteiger partial charge is 0.309 e. The number of hydrogen-bond donors (Lipinski definition) is 0. The van der Waals surface area contributed by atoms with E-state index in [1.807, 2.05) is 25.1 Å². The monoisotopic (exact) mass is 395 g/mol. The van der Waals surface area contributed by atoms with Crippen LogP contribution in [0.2, 0.25) is 5.02 Å². The number of anilines is 1. The van der Waals surface area contributed by atoms with Crippen molar-refractivity contribution in [2.75, 3.05) is 11.5 Å². The Labute approximate surface area is 169 Å². The van der Waals surface area contributed by atoms with Crippen molar-refractivity contribution in [3.05, 3.63) is 63.7 Å². The molecule has 28 heavy (non-hydrogen) atoms. The summed E-state index contributed by atoms with van der Waals surface area (Å²) < 4.78 is 5.15. The number of ether oxygens (including phenoxy) is 1. The van der Waals surface area contributed by atoms with Gasteiger partial charge in [0, 0.05) is 11.9 Å². The molecule has 1 aliphatic carbocycles. The van der Waals surface area contributed by atoms with Crippen LogP contribution in [0.25, 0.3) is 12.2 Å². The third-order valence-corrected chi connectivity index (χ3v) is 5.64. The number of amides is 1. The van der Waals surface area contributed by atoms with Crippen molar-refractivity contribution in [1.29, 1.82) is 0 Å². The molecule has 1 heterocycles. The Bertz CT molecular complexity index is 982. The third-order valence-electron chi connectivity index (χ3n) is 5.41. The number of rotatable bonds is 3. The van der Waals surface area contributed by atoms with E-state index in [4.69, 9.17) is 16.3 Å². The van der Waals surface area contributed by atoms with Crippen molar-refractivity contribution in [2.45, 2.75) is 32.7 Å². The summed E-state index contributed by atoms with van der Waals surface area (Å²) in [5.74, 6) is 0.0193. The van der Waals surface area contributed by atoms with Crippen molar-refractivity contribution < 1.29 is 14.3 Å². The molecule has 1 saturated carbocycles. The number of esters is 1. The predicted molar refractivity (Wildman–Crippen MR) is 111 cm³/mol. The molecule has 0 aromatic heterocycles. The minimum atomic E-state index is -0.115. The number of nitrogens with zero attached hydrogens (tertiary/aromatic N) is 1. The second-order valence-corrected chi connectivity index (χ2v) is 7.74. The lowest BCUT2D eigenvalue weighted by atomic mass is 9.97. The zero-order valence-corrected chi connectivity index (χ0v) is 16.7. The Morgan fingerprint density at radius 3 is 2.68 bits per heavy atom. The maximum absolute atomic E-state index is 12.4. The van der Waals surface area contributed by atoms with Gasteiger partial charge in [0.1, 0.15) is 0 Å². The topological polar surface area (TPSA) is 46.6 Å². The number of halogens is 1. The fourth-order valence-electron chi connectivity index (χ4n) is 3.85. The zero-order chi connectivity index (χ0) is 19.8. The van der Waals surface area contributed by atoms with E-state index in [9.17, 15) is 9.59 Å². The summed E-state index contributed by atoms with van der Waals surface area (Å²) in [6.07, 6.45) is 4.88. The molecule has 0 bridgehead atoms. The van der Waals surface area contributed by atoms with Gasteiger partial charge in [-0.3, -0.25) is 9.59 Å². The van der Waals surface area contributed by atoms with E-state index in [2.05, 4.69) is 24.3 Å². The Morgan fingerprint density at radius 2 is 1.93 bits per heavy atom. The number of fused-ring (bicyclic) bond motifs is 2. The first-order valence-electron chi connectivity index (χ1n) is 9.53. The minimum absolute atomic E-state index is 0.0222. The Kier molecular flexibility index (Phi) is 4.98. The molecule has 2 aromatic carbocycles. The molecular formula is C23H22ClNO3. The molecule has 1 amide bonds. The third kappa shape index (κ3) is 3.57. The number of benzene rings is 2. The van der Waals surface area contributed by atoms with Gasteiger partial charge in [0.05, 0.1) is 24.8 Å². The number of carbonyl (C=O) groups excluding carboxylic acids is 2. The molecule has 4 nitrogen and oxygen atoms in total. The van der Waals surface area contributed by atoms with Crippen LogP contribution in [-0.2, 0) is 20.9 Å². The summed E-state index contributed by atoms with van der Waals surface area (Å²) in [7, 11) is 0. The van der Waals surface area contributed by atoms with Gasteiger partial charge in [-0.25, -0.2) is 0 Å². The average molecular weight is 396 g/mol. The molecule has 0 unspecified atom stereocenters.